The fourth-order valence-corrected chi connectivity index (χ4v) is 3.30. The van der Waals surface area contributed by atoms with Crippen LogP contribution in [0.5, 0.6) is 0 Å². The first-order valence-corrected chi connectivity index (χ1v) is 8.28. The maximum absolute atomic E-state index is 12.2. The Labute approximate surface area is 127 Å². The van der Waals surface area contributed by atoms with Crippen molar-refractivity contribution in [1.29, 1.82) is 0 Å². The van der Waals surface area contributed by atoms with Crippen LogP contribution in [-0.4, -0.2) is 47.1 Å². The maximum atomic E-state index is 12.2. The van der Waals surface area contributed by atoms with Crippen LogP contribution < -0.4 is 5.32 Å². The van der Waals surface area contributed by atoms with Crippen LogP contribution >= 0.6 is 0 Å². The summed E-state index contributed by atoms with van der Waals surface area (Å²) in [5, 5.41) is 12.7. The number of nitrogens with zero attached hydrogens (tertiary/aromatic N) is 1. The highest BCUT2D eigenvalue weighted by Crippen LogP contribution is 2.29. The second-order valence-electron chi connectivity index (χ2n) is 6.58. The lowest BCUT2D eigenvalue weighted by Crippen LogP contribution is -2.40. The largest absolute Gasteiger partial charge is 0.391 e. The molecule has 1 heterocycles. The lowest BCUT2D eigenvalue weighted by molar-refractivity contribution is -0.130. The summed E-state index contributed by atoms with van der Waals surface area (Å²) in [4.78, 5) is 26.1. The quantitative estimate of drug-likeness (QED) is 0.776. The zero-order valence-electron chi connectivity index (χ0n) is 13.2. The van der Waals surface area contributed by atoms with E-state index in [1.807, 2.05) is 18.7 Å². The third-order valence-corrected chi connectivity index (χ3v) is 5.08. The molecule has 3 unspecified atom stereocenters. The molecule has 2 fully saturated rings. The summed E-state index contributed by atoms with van der Waals surface area (Å²) < 4.78 is 0. The summed E-state index contributed by atoms with van der Waals surface area (Å²) >= 11 is 0. The number of nitrogens with one attached hydrogen (secondary N) is 1. The van der Waals surface area contributed by atoms with Crippen LogP contribution in [-0.2, 0) is 9.59 Å². The zero-order valence-corrected chi connectivity index (χ0v) is 13.2. The van der Waals surface area contributed by atoms with E-state index in [0.717, 1.165) is 19.3 Å². The Morgan fingerprint density at radius 1 is 1.43 bits per heavy atom. The molecule has 0 bridgehead atoms. The van der Waals surface area contributed by atoms with Crippen molar-refractivity contribution in [3.05, 3.63) is 0 Å². The first-order chi connectivity index (χ1) is 10.0. The molecule has 5 heteroatoms. The van der Waals surface area contributed by atoms with Crippen LogP contribution in [0.3, 0.4) is 0 Å². The highest BCUT2D eigenvalue weighted by Gasteiger charge is 2.38. The van der Waals surface area contributed by atoms with Gasteiger partial charge in [0.2, 0.25) is 11.8 Å². The lowest BCUT2D eigenvalue weighted by atomic mass is 10.0. The molecule has 120 valence electrons. The topological polar surface area (TPSA) is 69.6 Å². The van der Waals surface area contributed by atoms with Crippen LogP contribution in [0.1, 0.15) is 52.4 Å². The number of hydrogen-bond donors (Lipinski definition) is 2. The minimum atomic E-state index is -0.512. The fraction of sp³-hybridized carbons (Fsp3) is 0.875. The number of aliphatic hydroxyl groups is 1. The second-order valence-corrected chi connectivity index (χ2v) is 6.58. The van der Waals surface area contributed by atoms with Crippen molar-refractivity contribution in [2.24, 2.45) is 11.8 Å². The van der Waals surface area contributed by atoms with Gasteiger partial charge in [0.1, 0.15) is 0 Å². The molecule has 0 radical (unpaired) electrons. The first-order valence-electron chi connectivity index (χ1n) is 8.28. The van der Waals surface area contributed by atoms with Crippen LogP contribution in [0.2, 0.25) is 0 Å². The summed E-state index contributed by atoms with van der Waals surface area (Å²) in [5.74, 6) is -0.0524. The third kappa shape index (κ3) is 3.96. The number of aliphatic hydroxyl groups excluding tert-OH is 1. The monoisotopic (exact) mass is 296 g/mol. The summed E-state index contributed by atoms with van der Waals surface area (Å²) in [6.07, 6.45) is 5.22. The smallest absolute Gasteiger partial charge is 0.225 e. The number of amides is 2. The van der Waals surface area contributed by atoms with E-state index in [-0.39, 0.29) is 30.2 Å². The predicted octanol–water partition coefficient (Wildman–Crippen LogP) is 1.30. The molecule has 2 N–H and O–H groups in total. The van der Waals surface area contributed by atoms with Crippen molar-refractivity contribution >= 4 is 11.8 Å². The summed E-state index contributed by atoms with van der Waals surface area (Å²) in [6, 6.07) is 0.348. The van der Waals surface area contributed by atoms with Gasteiger partial charge in [0, 0.05) is 25.6 Å². The van der Waals surface area contributed by atoms with Crippen molar-refractivity contribution in [2.75, 3.05) is 13.1 Å². The molecule has 0 spiro atoms. The average Bonchev–Trinajstić information content (AvgIpc) is 3.12. The molecular weight excluding hydrogens is 268 g/mol. The van der Waals surface area contributed by atoms with Crippen LogP contribution in [0, 0.1) is 11.8 Å². The second kappa shape index (κ2) is 7.25. The number of hydrogen-bond acceptors (Lipinski definition) is 3. The molecular formula is C16H28N2O3. The van der Waals surface area contributed by atoms with E-state index in [9.17, 15) is 14.7 Å². The predicted molar refractivity (Wildman–Crippen MR) is 80.5 cm³/mol. The van der Waals surface area contributed by atoms with Gasteiger partial charge in [0.15, 0.2) is 0 Å². The third-order valence-electron chi connectivity index (χ3n) is 5.08. The average molecular weight is 296 g/mol. The van der Waals surface area contributed by atoms with Gasteiger partial charge in [0.05, 0.1) is 12.0 Å². The maximum Gasteiger partial charge on any atom is 0.225 e. The van der Waals surface area contributed by atoms with Gasteiger partial charge in [-0.15, -0.1) is 0 Å². The van der Waals surface area contributed by atoms with Gasteiger partial charge in [-0.25, -0.2) is 0 Å². The molecule has 2 rings (SSSR count). The molecule has 0 aromatic rings. The number of carbonyl (C=O) groups excluding carboxylic acids is 2. The van der Waals surface area contributed by atoms with Gasteiger partial charge in [-0.2, -0.15) is 0 Å². The van der Waals surface area contributed by atoms with Crippen LogP contribution in [0.4, 0.5) is 0 Å². The highest BCUT2D eigenvalue weighted by molar-refractivity contribution is 5.89. The normalized spacial score (nSPS) is 26.1. The molecule has 0 aromatic carbocycles. The van der Waals surface area contributed by atoms with Crippen LogP contribution in [0.15, 0.2) is 0 Å². The van der Waals surface area contributed by atoms with Crippen molar-refractivity contribution in [2.45, 2.75) is 64.5 Å². The van der Waals surface area contributed by atoms with Crippen molar-refractivity contribution in [1.82, 2.24) is 10.2 Å². The van der Waals surface area contributed by atoms with Crippen molar-refractivity contribution in [3.63, 3.8) is 0 Å². The Hall–Kier alpha value is -1.10. The first kappa shape index (κ1) is 16.3. The molecule has 3 atom stereocenters. The Morgan fingerprint density at radius 2 is 2.10 bits per heavy atom. The standard InChI is InChI=1S/C16H28N2O3/c1-3-11(2)14(19)9-17-16(21)12-8-15(20)18(10-12)13-6-4-5-7-13/h11-14,19H,3-10H2,1-2H3,(H,17,21). The molecule has 0 aromatic heterocycles. The van der Waals surface area contributed by atoms with Crippen LogP contribution in [0.25, 0.3) is 0 Å². The van der Waals surface area contributed by atoms with E-state index in [1.54, 1.807) is 0 Å². The lowest BCUT2D eigenvalue weighted by Gasteiger charge is -2.24. The minimum absolute atomic E-state index is 0.0915. The molecule has 1 saturated carbocycles. The molecule has 1 aliphatic heterocycles. The van der Waals surface area contributed by atoms with E-state index in [4.69, 9.17) is 0 Å². The molecule has 5 nitrogen and oxygen atoms in total. The van der Waals surface area contributed by atoms with E-state index < -0.39 is 6.10 Å². The van der Waals surface area contributed by atoms with E-state index in [2.05, 4.69) is 5.32 Å². The summed E-state index contributed by atoms with van der Waals surface area (Å²) in [6.45, 7) is 4.82. The Bertz CT molecular complexity index is 380. The number of rotatable bonds is 6. The molecule has 2 aliphatic rings. The molecule has 2 amide bonds. The SMILES string of the molecule is CCC(C)C(O)CNC(=O)C1CC(=O)N(C2CCCC2)C1. The molecule has 1 aliphatic carbocycles. The fourth-order valence-electron chi connectivity index (χ4n) is 3.30. The van der Waals surface area contributed by atoms with Gasteiger partial charge in [-0.3, -0.25) is 9.59 Å². The van der Waals surface area contributed by atoms with Gasteiger partial charge >= 0.3 is 0 Å². The molecule has 21 heavy (non-hydrogen) atoms. The van der Waals surface area contributed by atoms with Crippen molar-refractivity contribution < 1.29 is 14.7 Å². The van der Waals surface area contributed by atoms with Gasteiger partial charge in [0.25, 0.3) is 0 Å². The Balaban J connectivity index is 1.80. The zero-order chi connectivity index (χ0) is 15.4. The molecule has 1 saturated heterocycles. The number of carbonyl (C=O) groups is 2. The highest BCUT2D eigenvalue weighted by atomic mass is 16.3. The van der Waals surface area contributed by atoms with Gasteiger partial charge in [-0.1, -0.05) is 33.1 Å². The van der Waals surface area contributed by atoms with Crippen molar-refractivity contribution in [3.8, 4) is 0 Å². The van der Waals surface area contributed by atoms with E-state index >= 15 is 0 Å². The minimum Gasteiger partial charge on any atom is -0.391 e. The number of likely N-dealkylation sites (tertiary alicyclic amines) is 1. The van der Waals surface area contributed by atoms with Gasteiger partial charge < -0.3 is 15.3 Å². The summed E-state index contributed by atoms with van der Waals surface area (Å²) in [5.41, 5.74) is 0. The van der Waals surface area contributed by atoms with E-state index in [1.165, 1.54) is 12.8 Å². The van der Waals surface area contributed by atoms with Gasteiger partial charge in [-0.05, 0) is 18.8 Å². The Morgan fingerprint density at radius 3 is 2.71 bits per heavy atom. The Kier molecular flexibility index (Phi) is 5.62. The summed E-state index contributed by atoms with van der Waals surface area (Å²) in [7, 11) is 0. The van der Waals surface area contributed by atoms with E-state index in [0.29, 0.717) is 19.0 Å².